The molecule has 1 N–H and O–H groups in total. The third-order valence-electron chi connectivity index (χ3n) is 1.71. The fourth-order valence-electron chi connectivity index (χ4n) is 1.17. The second kappa shape index (κ2) is 2.80. The summed E-state index contributed by atoms with van der Waals surface area (Å²) in [6, 6.07) is 7.04. The molecule has 0 fully saturated rings. The molecule has 0 amide bonds. The van der Waals surface area contributed by atoms with Gasteiger partial charge in [-0.1, -0.05) is 24.3 Å². The minimum atomic E-state index is -4.07. The molecule has 1 aromatic heterocycles. The van der Waals surface area contributed by atoms with Gasteiger partial charge >= 0.3 is 10.1 Å². The monoisotopic (exact) mass is 214 g/mol. The minimum absolute atomic E-state index is 0.0168. The van der Waals surface area contributed by atoms with E-state index in [2.05, 4.69) is 0 Å². The summed E-state index contributed by atoms with van der Waals surface area (Å²) < 4.78 is 30.6. The van der Waals surface area contributed by atoms with Gasteiger partial charge in [0.1, 0.15) is 0 Å². The van der Waals surface area contributed by atoms with Gasteiger partial charge in [-0.25, -0.2) is 0 Å². The highest BCUT2D eigenvalue weighted by atomic mass is 32.3. The van der Waals surface area contributed by atoms with E-state index in [0.717, 1.165) is 16.7 Å². The van der Waals surface area contributed by atoms with Crippen molar-refractivity contribution in [3.05, 3.63) is 29.6 Å². The highest BCUT2D eigenvalue weighted by molar-refractivity contribution is 7.88. The van der Waals surface area contributed by atoms with Crippen LogP contribution in [-0.2, 0) is 10.1 Å². The van der Waals surface area contributed by atoms with Crippen molar-refractivity contribution in [2.45, 2.75) is 4.21 Å². The summed E-state index contributed by atoms with van der Waals surface area (Å²) in [4.78, 5) is 0. The minimum Gasteiger partial charge on any atom is -0.281 e. The Morgan fingerprint density at radius 3 is 2.62 bits per heavy atom. The van der Waals surface area contributed by atoms with E-state index in [1.165, 1.54) is 0 Å². The molecule has 0 aliphatic heterocycles. The number of thiophene rings is 1. The van der Waals surface area contributed by atoms with Crippen LogP contribution in [0.3, 0.4) is 0 Å². The fourth-order valence-corrected chi connectivity index (χ4v) is 3.01. The van der Waals surface area contributed by atoms with Gasteiger partial charge in [0, 0.05) is 10.8 Å². The van der Waals surface area contributed by atoms with E-state index in [-0.39, 0.29) is 4.21 Å². The summed E-state index contributed by atoms with van der Waals surface area (Å²) in [6.07, 6.45) is 0. The highest BCUT2D eigenvalue weighted by Gasteiger charge is 2.15. The van der Waals surface area contributed by atoms with Gasteiger partial charge in [0.15, 0.2) is 4.21 Å². The van der Waals surface area contributed by atoms with Gasteiger partial charge in [-0.2, -0.15) is 8.42 Å². The molecular weight excluding hydrogens is 208 g/mol. The molecule has 0 atom stereocenters. The maximum absolute atomic E-state index is 10.9. The molecule has 3 nitrogen and oxygen atoms in total. The Hall–Kier alpha value is -0.910. The zero-order chi connectivity index (χ0) is 9.47. The zero-order valence-electron chi connectivity index (χ0n) is 6.47. The van der Waals surface area contributed by atoms with Crippen molar-refractivity contribution in [2.75, 3.05) is 0 Å². The predicted molar refractivity (Wildman–Crippen MR) is 51.6 cm³/mol. The van der Waals surface area contributed by atoms with Crippen LogP contribution in [-0.4, -0.2) is 13.0 Å². The summed E-state index contributed by atoms with van der Waals surface area (Å²) in [5.74, 6) is 0. The molecule has 2 aromatic rings. The number of benzene rings is 1. The number of fused-ring (bicyclic) bond motifs is 1. The van der Waals surface area contributed by atoms with Crippen molar-refractivity contribution in [1.29, 1.82) is 0 Å². The molecule has 0 saturated heterocycles. The van der Waals surface area contributed by atoms with Crippen LogP contribution in [0.1, 0.15) is 0 Å². The van der Waals surface area contributed by atoms with E-state index < -0.39 is 10.1 Å². The quantitative estimate of drug-likeness (QED) is 0.740. The molecule has 0 bridgehead atoms. The molecule has 0 saturated carbocycles. The summed E-state index contributed by atoms with van der Waals surface area (Å²) >= 11 is 1.03. The Balaban J connectivity index is 2.87. The van der Waals surface area contributed by atoms with E-state index in [1.807, 2.05) is 6.07 Å². The first kappa shape index (κ1) is 8.68. The summed E-state index contributed by atoms with van der Waals surface area (Å²) in [6.45, 7) is 0. The van der Waals surface area contributed by atoms with Crippen molar-refractivity contribution in [2.24, 2.45) is 0 Å². The molecular formula is C8H6O3S2. The van der Waals surface area contributed by atoms with Gasteiger partial charge < -0.3 is 0 Å². The normalized spacial score (nSPS) is 12.1. The molecule has 0 radical (unpaired) electrons. The number of rotatable bonds is 1. The summed E-state index contributed by atoms with van der Waals surface area (Å²) in [5, 5.41) is 3.12. The smallest absolute Gasteiger partial charge is 0.281 e. The second-order valence-corrected chi connectivity index (χ2v) is 5.08. The maximum Gasteiger partial charge on any atom is 0.304 e. The van der Waals surface area contributed by atoms with Crippen molar-refractivity contribution in [3.8, 4) is 0 Å². The van der Waals surface area contributed by atoms with Gasteiger partial charge in [-0.15, -0.1) is 11.3 Å². The number of hydrogen-bond donors (Lipinski definition) is 1. The molecule has 68 valence electrons. The van der Waals surface area contributed by atoms with Crippen LogP contribution in [0.5, 0.6) is 0 Å². The Labute approximate surface area is 79.4 Å². The Morgan fingerprint density at radius 2 is 1.92 bits per heavy atom. The van der Waals surface area contributed by atoms with Gasteiger partial charge in [-0.3, -0.25) is 4.55 Å². The maximum atomic E-state index is 10.9. The first-order chi connectivity index (χ1) is 6.09. The predicted octanol–water partition coefficient (Wildman–Crippen LogP) is 2.15. The molecule has 2 rings (SSSR count). The summed E-state index contributed by atoms with van der Waals surface area (Å²) in [7, 11) is -4.07. The van der Waals surface area contributed by atoms with Crippen LogP contribution in [0.15, 0.2) is 33.9 Å². The Morgan fingerprint density at radius 1 is 1.23 bits per heavy atom. The lowest BCUT2D eigenvalue weighted by atomic mass is 10.2. The first-order valence-corrected chi connectivity index (χ1v) is 5.85. The molecule has 5 heteroatoms. The molecule has 0 unspecified atom stereocenters. The first-order valence-electron chi connectivity index (χ1n) is 3.53. The Kier molecular flexibility index (Phi) is 1.87. The average molecular weight is 214 g/mol. The van der Waals surface area contributed by atoms with E-state index in [1.54, 1.807) is 23.6 Å². The lowest BCUT2D eigenvalue weighted by Crippen LogP contribution is -1.94. The van der Waals surface area contributed by atoms with Gasteiger partial charge in [0.2, 0.25) is 0 Å². The largest absolute Gasteiger partial charge is 0.304 e. The zero-order valence-corrected chi connectivity index (χ0v) is 8.10. The summed E-state index contributed by atoms with van der Waals surface area (Å²) in [5.41, 5.74) is 0. The van der Waals surface area contributed by atoms with Crippen molar-refractivity contribution in [3.63, 3.8) is 0 Å². The molecule has 13 heavy (non-hydrogen) atoms. The van der Waals surface area contributed by atoms with Crippen LogP contribution >= 0.6 is 11.3 Å². The Bertz CT molecular complexity index is 539. The number of hydrogen-bond acceptors (Lipinski definition) is 3. The van der Waals surface area contributed by atoms with Crippen LogP contribution in [0, 0.1) is 0 Å². The third kappa shape index (κ3) is 1.46. The average Bonchev–Trinajstić information content (AvgIpc) is 2.45. The molecule has 1 aromatic carbocycles. The second-order valence-electron chi connectivity index (χ2n) is 2.59. The van der Waals surface area contributed by atoms with Gasteiger partial charge in [0.05, 0.1) is 0 Å². The van der Waals surface area contributed by atoms with E-state index in [0.29, 0.717) is 5.39 Å². The highest BCUT2D eigenvalue weighted by Crippen LogP contribution is 2.28. The van der Waals surface area contributed by atoms with Crippen LogP contribution in [0.2, 0.25) is 0 Å². The topological polar surface area (TPSA) is 54.4 Å². The molecule has 0 aliphatic carbocycles. The van der Waals surface area contributed by atoms with Crippen LogP contribution < -0.4 is 0 Å². The standard InChI is InChI=1S/C8H6O3S2/c9-13(10,11)8-7-4-2-1-3-6(7)5-12-8/h1-5H,(H,9,10,11). The molecule has 0 aliphatic rings. The van der Waals surface area contributed by atoms with Crippen molar-refractivity contribution >= 4 is 32.2 Å². The molecule has 1 heterocycles. The van der Waals surface area contributed by atoms with Crippen LogP contribution in [0.4, 0.5) is 0 Å². The van der Waals surface area contributed by atoms with Gasteiger partial charge in [-0.05, 0) is 5.39 Å². The van der Waals surface area contributed by atoms with Crippen molar-refractivity contribution in [1.82, 2.24) is 0 Å². The SMILES string of the molecule is O=S(=O)(O)c1scc2ccccc12. The third-order valence-corrected chi connectivity index (χ3v) is 4.12. The lowest BCUT2D eigenvalue weighted by molar-refractivity contribution is 0.486. The fraction of sp³-hybridized carbons (Fsp3) is 0. The van der Waals surface area contributed by atoms with Crippen molar-refractivity contribution < 1.29 is 13.0 Å². The van der Waals surface area contributed by atoms with Crippen LogP contribution in [0.25, 0.3) is 10.8 Å². The lowest BCUT2D eigenvalue weighted by Gasteiger charge is -1.92. The van der Waals surface area contributed by atoms with E-state index >= 15 is 0 Å². The van der Waals surface area contributed by atoms with Gasteiger partial charge in [0.25, 0.3) is 0 Å². The molecule has 0 spiro atoms. The van der Waals surface area contributed by atoms with E-state index in [4.69, 9.17) is 4.55 Å². The van der Waals surface area contributed by atoms with E-state index in [9.17, 15) is 8.42 Å².